The van der Waals surface area contributed by atoms with E-state index in [4.69, 9.17) is 5.21 Å². The van der Waals surface area contributed by atoms with Gasteiger partial charge in [0.2, 0.25) is 5.91 Å². The first-order valence-corrected chi connectivity index (χ1v) is 9.63. The Kier molecular flexibility index (Phi) is 4.97. The molecule has 3 heterocycles. The Morgan fingerprint density at radius 1 is 1.33 bits per heavy atom. The number of hydrogen-bond acceptors (Lipinski definition) is 6. The topological polar surface area (TPSA) is 99.5 Å². The van der Waals surface area contributed by atoms with Gasteiger partial charge in [-0.2, -0.15) is 0 Å². The number of aromatic nitrogens is 2. The van der Waals surface area contributed by atoms with Crippen molar-refractivity contribution in [1.82, 2.24) is 15.3 Å². The summed E-state index contributed by atoms with van der Waals surface area (Å²) in [6.07, 6.45) is 7.25. The summed E-state index contributed by atoms with van der Waals surface area (Å²) < 4.78 is 26.1. The number of nitrogens with zero attached hydrogens (tertiary/aromatic N) is 3. The fraction of sp³-hybridized carbons (Fsp3) is 0.333. The first-order chi connectivity index (χ1) is 14.3. The van der Waals surface area contributed by atoms with E-state index in [0.29, 0.717) is 12.1 Å². The number of fused-ring (bicyclic) bond motifs is 1. The van der Waals surface area contributed by atoms with E-state index in [0.717, 1.165) is 27.6 Å². The largest absolute Gasteiger partial charge is 0.411 e. The number of carbonyl (C=O) groups is 1. The van der Waals surface area contributed by atoms with Crippen molar-refractivity contribution in [2.24, 2.45) is 11.1 Å². The molecule has 0 bridgehead atoms. The van der Waals surface area contributed by atoms with Gasteiger partial charge in [0.15, 0.2) is 0 Å². The van der Waals surface area contributed by atoms with Crippen LogP contribution in [0.5, 0.6) is 0 Å². The third-order valence-electron chi connectivity index (χ3n) is 5.37. The molecule has 2 unspecified atom stereocenters. The number of alkyl halides is 2. The Bertz CT molecular complexity index is 1110. The summed E-state index contributed by atoms with van der Waals surface area (Å²) in [4.78, 5) is 20.5. The maximum absolute atomic E-state index is 13.0. The highest BCUT2D eigenvalue weighted by Gasteiger charge is 2.61. The number of allylic oxidation sites excluding steroid dienone is 2. The van der Waals surface area contributed by atoms with Crippen LogP contribution in [0.3, 0.4) is 0 Å². The molecule has 1 aliphatic carbocycles. The minimum absolute atomic E-state index is 0.170. The second-order valence-electron chi connectivity index (χ2n) is 7.49. The van der Waals surface area contributed by atoms with Gasteiger partial charge in [0, 0.05) is 41.4 Å². The van der Waals surface area contributed by atoms with Gasteiger partial charge in [-0.05, 0) is 31.1 Å². The van der Waals surface area contributed by atoms with Crippen LogP contribution in [0, 0.1) is 5.92 Å². The molecule has 4 rings (SSSR count). The summed E-state index contributed by atoms with van der Waals surface area (Å²) in [5, 5.41) is 19.6. The molecular formula is C21H21F2N5O2. The molecule has 0 saturated heterocycles. The number of pyridine rings is 2. The number of carbonyl (C=O) groups excluding carboxylic acids is 1. The van der Waals surface area contributed by atoms with Crippen molar-refractivity contribution in [3.05, 3.63) is 48.1 Å². The lowest BCUT2D eigenvalue weighted by Gasteiger charge is -2.22. The molecule has 30 heavy (non-hydrogen) atoms. The van der Waals surface area contributed by atoms with Gasteiger partial charge in [0.1, 0.15) is 11.7 Å². The molecule has 2 atom stereocenters. The predicted molar refractivity (Wildman–Crippen MR) is 109 cm³/mol. The van der Waals surface area contributed by atoms with E-state index in [1.54, 1.807) is 18.5 Å². The quantitative estimate of drug-likeness (QED) is 0.394. The van der Waals surface area contributed by atoms with Gasteiger partial charge in [0.05, 0.1) is 17.4 Å². The van der Waals surface area contributed by atoms with Crippen LogP contribution in [0.4, 0.5) is 14.6 Å². The number of halogens is 2. The highest BCUT2D eigenvalue weighted by atomic mass is 19.3. The van der Waals surface area contributed by atoms with Gasteiger partial charge in [-0.25, -0.2) is 13.8 Å². The van der Waals surface area contributed by atoms with E-state index in [-0.39, 0.29) is 11.9 Å². The van der Waals surface area contributed by atoms with Crippen molar-refractivity contribution in [2.45, 2.75) is 38.7 Å². The number of nitrogens with one attached hydrogen (secondary N) is 2. The van der Waals surface area contributed by atoms with E-state index in [9.17, 15) is 13.6 Å². The molecular weight excluding hydrogens is 392 g/mol. The van der Waals surface area contributed by atoms with Crippen molar-refractivity contribution in [1.29, 1.82) is 0 Å². The van der Waals surface area contributed by atoms with Gasteiger partial charge < -0.3 is 15.8 Å². The standard InChI is InChI=1S/C21H21F2N5O2/c1-3-16(28-30)18-4-11(2)14(10-25-18)17-5-12-9-26-19(6-13(12)8-24-17)27-20(29)15-7-21(15,22)23/h4-6,8-10,15,18,25,30H,3,7H2,1-2H3,(H,26,27,29)/b28-16-. The molecule has 1 saturated carbocycles. The van der Waals surface area contributed by atoms with Crippen molar-refractivity contribution in [3.63, 3.8) is 0 Å². The zero-order valence-corrected chi connectivity index (χ0v) is 16.5. The fourth-order valence-electron chi connectivity index (χ4n) is 3.46. The van der Waals surface area contributed by atoms with Crippen LogP contribution in [0.1, 0.15) is 32.4 Å². The lowest BCUT2D eigenvalue weighted by atomic mass is 9.96. The minimum Gasteiger partial charge on any atom is -0.411 e. The number of dihydropyridines is 1. The molecule has 0 radical (unpaired) electrons. The number of hydrogen-bond donors (Lipinski definition) is 3. The monoisotopic (exact) mass is 413 g/mol. The average molecular weight is 413 g/mol. The molecule has 3 N–H and O–H groups in total. The molecule has 1 amide bonds. The van der Waals surface area contributed by atoms with Crippen LogP contribution in [-0.2, 0) is 4.79 Å². The molecule has 1 aliphatic heterocycles. The normalized spacial score (nSPS) is 22.7. The van der Waals surface area contributed by atoms with Crippen molar-refractivity contribution in [3.8, 4) is 0 Å². The Balaban J connectivity index is 1.53. The highest BCUT2D eigenvalue weighted by Crippen LogP contribution is 2.49. The van der Waals surface area contributed by atoms with Gasteiger partial charge in [-0.15, -0.1) is 0 Å². The lowest BCUT2D eigenvalue weighted by molar-refractivity contribution is -0.119. The zero-order chi connectivity index (χ0) is 21.5. The molecule has 9 heteroatoms. The van der Waals surface area contributed by atoms with Crippen LogP contribution in [0.2, 0.25) is 0 Å². The molecule has 1 fully saturated rings. The smallest absolute Gasteiger partial charge is 0.260 e. The maximum Gasteiger partial charge on any atom is 0.260 e. The predicted octanol–water partition coefficient (Wildman–Crippen LogP) is 3.72. The van der Waals surface area contributed by atoms with E-state index in [2.05, 4.69) is 25.8 Å². The van der Waals surface area contributed by atoms with E-state index < -0.39 is 24.2 Å². The van der Waals surface area contributed by atoms with Gasteiger partial charge in [-0.1, -0.05) is 18.2 Å². The summed E-state index contributed by atoms with van der Waals surface area (Å²) in [6.45, 7) is 3.88. The van der Waals surface area contributed by atoms with Crippen molar-refractivity contribution >= 4 is 33.8 Å². The fourth-order valence-corrected chi connectivity index (χ4v) is 3.46. The number of rotatable bonds is 5. The highest BCUT2D eigenvalue weighted by molar-refractivity contribution is 5.97. The summed E-state index contributed by atoms with van der Waals surface area (Å²) in [5.41, 5.74) is 3.26. The van der Waals surface area contributed by atoms with Crippen molar-refractivity contribution < 1.29 is 18.8 Å². The third-order valence-corrected chi connectivity index (χ3v) is 5.37. The number of anilines is 1. The molecule has 0 spiro atoms. The van der Waals surface area contributed by atoms with Gasteiger partial charge in [0.25, 0.3) is 5.92 Å². The van der Waals surface area contributed by atoms with Gasteiger partial charge >= 0.3 is 0 Å². The van der Waals surface area contributed by atoms with Crippen LogP contribution in [-0.4, -0.2) is 38.8 Å². The van der Waals surface area contributed by atoms with E-state index in [1.165, 1.54) is 0 Å². The molecule has 2 aromatic heterocycles. The van der Waals surface area contributed by atoms with Crippen molar-refractivity contribution in [2.75, 3.05) is 5.32 Å². The van der Waals surface area contributed by atoms with Gasteiger partial charge in [-0.3, -0.25) is 9.78 Å². The Morgan fingerprint density at radius 3 is 2.67 bits per heavy atom. The summed E-state index contributed by atoms with van der Waals surface area (Å²) in [6, 6.07) is 3.31. The van der Waals surface area contributed by atoms with Crippen LogP contribution >= 0.6 is 0 Å². The molecule has 2 aliphatic rings. The Labute approximate surface area is 171 Å². The maximum atomic E-state index is 13.0. The zero-order valence-electron chi connectivity index (χ0n) is 16.5. The van der Waals surface area contributed by atoms with E-state index in [1.807, 2.05) is 32.2 Å². The second-order valence-corrected chi connectivity index (χ2v) is 7.49. The van der Waals surface area contributed by atoms with Crippen LogP contribution in [0.25, 0.3) is 16.3 Å². The summed E-state index contributed by atoms with van der Waals surface area (Å²) in [5.74, 6) is -4.69. The first-order valence-electron chi connectivity index (χ1n) is 9.63. The Morgan fingerprint density at radius 2 is 2.03 bits per heavy atom. The number of amides is 1. The van der Waals surface area contributed by atoms with Crippen LogP contribution < -0.4 is 10.6 Å². The molecule has 2 aromatic rings. The third kappa shape index (κ3) is 3.74. The SMILES string of the molecule is CC/C(=N/O)C1C=C(C)C(c2cc3cnc(NC(=O)C4CC4(F)F)cc3cn2)=CN1. The molecule has 7 nitrogen and oxygen atoms in total. The molecule has 156 valence electrons. The Hall–Kier alpha value is -3.36. The minimum atomic E-state index is -2.91. The number of oxime groups is 1. The van der Waals surface area contributed by atoms with Crippen LogP contribution in [0.15, 0.2) is 47.5 Å². The average Bonchev–Trinajstić information content (AvgIpc) is 3.37. The summed E-state index contributed by atoms with van der Waals surface area (Å²) in [7, 11) is 0. The second kappa shape index (κ2) is 7.47. The molecule has 0 aromatic carbocycles. The summed E-state index contributed by atoms with van der Waals surface area (Å²) >= 11 is 0. The lowest BCUT2D eigenvalue weighted by Crippen LogP contribution is -2.33. The first kappa shape index (κ1) is 19.9. The van der Waals surface area contributed by atoms with E-state index >= 15 is 0 Å².